The van der Waals surface area contributed by atoms with Crippen molar-refractivity contribution in [2.75, 3.05) is 19.6 Å². The van der Waals surface area contributed by atoms with Crippen molar-refractivity contribution in [3.05, 3.63) is 15.9 Å². The van der Waals surface area contributed by atoms with E-state index >= 15 is 0 Å². The van der Waals surface area contributed by atoms with Gasteiger partial charge in [0, 0.05) is 30.1 Å². The molecule has 1 aliphatic heterocycles. The quantitative estimate of drug-likeness (QED) is 0.896. The van der Waals surface area contributed by atoms with E-state index in [1.807, 2.05) is 6.92 Å². The van der Waals surface area contributed by atoms with Crippen LogP contribution in [0, 0.1) is 0 Å². The van der Waals surface area contributed by atoms with Gasteiger partial charge in [0.15, 0.2) is 0 Å². The molecule has 2 heterocycles. The summed E-state index contributed by atoms with van der Waals surface area (Å²) in [6, 6.07) is 1.78. The van der Waals surface area contributed by atoms with Crippen LogP contribution in [0.25, 0.3) is 0 Å². The molecule has 7 heteroatoms. The second-order valence-electron chi connectivity index (χ2n) is 3.72. The summed E-state index contributed by atoms with van der Waals surface area (Å²) >= 11 is 4.53. The van der Waals surface area contributed by atoms with E-state index in [9.17, 15) is 8.42 Å². The van der Waals surface area contributed by atoms with E-state index in [4.69, 9.17) is 0 Å². The Bertz CT molecular complexity index is 472. The van der Waals surface area contributed by atoms with Crippen LogP contribution in [0.1, 0.15) is 6.92 Å². The SMILES string of the molecule is C[C@H]1CNCCN1S(=O)(=O)c1sccc1Br. The first-order valence-corrected chi connectivity index (χ1v) is 8.10. The molecular weight excluding hydrogens is 312 g/mol. The molecule has 1 atom stereocenters. The number of nitrogens with one attached hydrogen (secondary N) is 1. The van der Waals surface area contributed by atoms with Crippen LogP contribution in [0.4, 0.5) is 0 Å². The lowest BCUT2D eigenvalue weighted by molar-refractivity contribution is 0.284. The number of hydrogen-bond acceptors (Lipinski definition) is 4. The second-order valence-corrected chi connectivity index (χ2v) is 7.58. The van der Waals surface area contributed by atoms with E-state index in [-0.39, 0.29) is 6.04 Å². The monoisotopic (exact) mass is 324 g/mol. The van der Waals surface area contributed by atoms with Crippen molar-refractivity contribution in [2.45, 2.75) is 17.2 Å². The van der Waals surface area contributed by atoms with Crippen LogP contribution in [0.2, 0.25) is 0 Å². The maximum absolute atomic E-state index is 12.4. The number of hydrogen-bond donors (Lipinski definition) is 1. The molecule has 0 radical (unpaired) electrons. The topological polar surface area (TPSA) is 49.4 Å². The van der Waals surface area contributed by atoms with E-state index < -0.39 is 10.0 Å². The largest absolute Gasteiger partial charge is 0.314 e. The van der Waals surface area contributed by atoms with E-state index in [2.05, 4.69) is 21.2 Å². The van der Waals surface area contributed by atoms with E-state index in [0.29, 0.717) is 28.3 Å². The Morgan fingerprint density at radius 1 is 1.62 bits per heavy atom. The van der Waals surface area contributed by atoms with Gasteiger partial charge in [-0.05, 0) is 34.3 Å². The minimum absolute atomic E-state index is 0.00718. The lowest BCUT2D eigenvalue weighted by atomic mass is 10.3. The van der Waals surface area contributed by atoms with Gasteiger partial charge in [0.1, 0.15) is 4.21 Å². The van der Waals surface area contributed by atoms with Gasteiger partial charge in [-0.1, -0.05) is 0 Å². The lowest BCUT2D eigenvalue weighted by Gasteiger charge is -2.32. The Labute approximate surface area is 108 Å². The van der Waals surface area contributed by atoms with Crippen LogP contribution in [-0.4, -0.2) is 38.4 Å². The molecule has 1 saturated heterocycles. The summed E-state index contributed by atoms with van der Waals surface area (Å²) < 4.78 is 27.3. The second kappa shape index (κ2) is 4.73. The number of piperazine rings is 1. The molecule has 0 amide bonds. The summed E-state index contributed by atoms with van der Waals surface area (Å²) in [5, 5.41) is 4.96. The molecule has 1 N–H and O–H groups in total. The zero-order valence-electron chi connectivity index (χ0n) is 8.81. The molecule has 1 fully saturated rings. The fraction of sp³-hybridized carbons (Fsp3) is 0.556. The molecule has 16 heavy (non-hydrogen) atoms. The summed E-state index contributed by atoms with van der Waals surface area (Å²) in [6.45, 7) is 3.88. The number of rotatable bonds is 2. The van der Waals surface area contributed by atoms with Gasteiger partial charge in [0.05, 0.1) is 0 Å². The van der Waals surface area contributed by atoms with Crippen LogP contribution in [0.5, 0.6) is 0 Å². The predicted octanol–water partition coefficient (Wildman–Crippen LogP) is 1.49. The Hall–Kier alpha value is 0.0500. The highest BCUT2D eigenvalue weighted by molar-refractivity contribution is 9.10. The van der Waals surface area contributed by atoms with Crippen molar-refractivity contribution in [3.63, 3.8) is 0 Å². The molecule has 1 aliphatic rings. The molecule has 0 bridgehead atoms. The Morgan fingerprint density at radius 3 is 2.94 bits per heavy atom. The minimum Gasteiger partial charge on any atom is -0.314 e. The molecular formula is C9H13BrN2O2S2. The van der Waals surface area contributed by atoms with Gasteiger partial charge in [-0.25, -0.2) is 8.42 Å². The third kappa shape index (κ3) is 2.19. The predicted molar refractivity (Wildman–Crippen MR) is 68.2 cm³/mol. The van der Waals surface area contributed by atoms with Crippen molar-refractivity contribution >= 4 is 37.3 Å². The normalized spacial score (nSPS) is 23.5. The molecule has 0 aliphatic carbocycles. The molecule has 1 aromatic heterocycles. The smallest absolute Gasteiger partial charge is 0.254 e. The van der Waals surface area contributed by atoms with E-state index in [0.717, 1.165) is 0 Å². The van der Waals surface area contributed by atoms with Crippen molar-refractivity contribution in [1.29, 1.82) is 0 Å². The van der Waals surface area contributed by atoms with Gasteiger partial charge in [0.2, 0.25) is 0 Å². The molecule has 4 nitrogen and oxygen atoms in total. The lowest BCUT2D eigenvalue weighted by Crippen LogP contribution is -2.51. The zero-order chi connectivity index (χ0) is 11.8. The van der Waals surface area contributed by atoms with Crippen LogP contribution >= 0.6 is 27.3 Å². The van der Waals surface area contributed by atoms with Crippen LogP contribution < -0.4 is 5.32 Å². The van der Waals surface area contributed by atoms with Crippen LogP contribution in [-0.2, 0) is 10.0 Å². The summed E-state index contributed by atoms with van der Waals surface area (Å²) in [5.41, 5.74) is 0. The first kappa shape index (κ1) is 12.5. The summed E-state index contributed by atoms with van der Waals surface area (Å²) in [7, 11) is -3.33. The van der Waals surface area contributed by atoms with Gasteiger partial charge in [-0.2, -0.15) is 4.31 Å². The molecule has 0 aromatic carbocycles. The molecule has 0 spiro atoms. The summed E-state index contributed by atoms with van der Waals surface area (Å²) in [5.74, 6) is 0. The number of thiophene rings is 1. The highest BCUT2D eigenvalue weighted by Crippen LogP contribution is 2.31. The molecule has 0 unspecified atom stereocenters. The van der Waals surface area contributed by atoms with Crippen molar-refractivity contribution < 1.29 is 8.42 Å². The average molecular weight is 325 g/mol. The Morgan fingerprint density at radius 2 is 2.38 bits per heavy atom. The molecule has 2 rings (SSSR count). The van der Waals surface area contributed by atoms with Crippen LogP contribution in [0.15, 0.2) is 20.1 Å². The van der Waals surface area contributed by atoms with Crippen molar-refractivity contribution in [3.8, 4) is 0 Å². The summed E-state index contributed by atoms with van der Waals surface area (Å²) in [4.78, 5) is 0. The third-order valence-electron chi connectivity index (χ3n) is 2.57. The Kier molecular flexibility index (Phi) is 3.70. The minimum atomic E-state index is -3.33. The fourth-order valence-electron chi connectivity index (χ4n) is 1.75. The number of halogens is 1. The van der Waals surface area contributed by atoms with Gasteiger partial charge in [-0.3, -0.25) is 0 Å². The fourth-order valence-corrected chi connectivity index (χ4v) is 5.81. The first-order valence-electron chi connectivity index (χ1n) is 4.99. The summed E-state index contributed by atoms with van der Waals surface area (Å²) in [6.07, 6.45) is 0. The maximum atomic E-state index is 12.4. The molecule has 90 valence electrons. The maximum Gasteiger partial charge on any atom is 0.254 e. The molecule has 1 aromatic rings. The standard InChI is InChI=1S/C9H13BrN2O2S2/c1-7-6-11-3-4-12(7)16(13,14)9-8(10)2-5-15-9/h2,5,7,11H,3-4,6H2,1H3/t7-/m0/s1. The van der Waals surface area contributed by atoms with Crippen LogP contribution in [0.3, 0.4) is 0 Å². The van der Waals surface area contributed by atoms with Gasteiger partial charge < -0.3 is 5.32 Å². The average Bonchev–Trinajstić information content (AvgIpc) is 2.65. The van der Waals surface area contributed by atoms with Crippen molar-refractivity contribution in [1.82, 2.24) is 9.62 Å². The van der Waals surface area contributed by atoms with E-state index in [1.165, 1.54) is 11.3 Å². The van der Waals surface area contributed by atoms with Gasteiger partial charge in [-0.15, -0.1) is 11.3 Å². The zero-order valence-corrected chi connectivity index (χ0v) is 12.0. The van der Waals surface area contributed by atoms with E-state index in [1.54, 1.807) is 15.8 Å². The first-order chi connectivity index (χ1) is 7.53. The van der Waals surface area contributed by atoms with Gasteiger partial charge in [0.25, 0.3) is 10.0 Å². The third-order valence-corrected chi connectivity index (χ3v) is 7.23. The number of nitrogens with zero attached hydrogens (tertiary/aromatic N) is 1. The Balaban J connectivity index is 2.35. The number of sulfonamides is 1. The van der Waals surface area contributed by atoms with Gasteiger partial charge >= 0.3 is 0 Å². The highest BCUT2D eigenvalue weighted by Gasteiger charge is 2.32. The molecule has 0 saturated carbocycles. The van der Waals surface area contributed by atoms with Crippen molar-refractivity contribution in [2.24, 2.45) is 0 Å². The highest BCUT2D eigenvalue weighted by atomic mass is 79.9.